The predicted octanol–water partition coefficient (Wildman–Crippen LogP) is 4.39. The highest BCUT2D eigenvalue weighted by Gasteiger charge is 2.08. The lowest BCUT2D eigenvalue weighted by atomic mass is 10.2. The van der Waals surface area contributed by atoms with Crippen molar-refractivity contribution in [2.75, 3.05) is 17.2 Å². The SMILES string of the molecule is CCOC(=O)c1ccc(Nc2ccc(NC(=O)c3cccc(F)c3)nc2)cc1. The molecule has 0 radical (unpaired) electrons. The first kappa shape index (κ1) is 19.0. The Bertz CT molecular complexity index is 973. The van der Waals surface area contributed by atoms with Crippen molar-refractivity contribution in [3.63, 3.8) is 0 Å². The van der Waals surface area contributed by atoms with Crippen LogP contribution in [0.15, 0.2) is 66.9 Å². The zero-order valence-corrected chi connectivity index (χ0v) is 15.1. The number of halogens is 1. The molecule has 0 bridgehead atoms. The molecule has 0 aliphatic carbocycles. The molecule has 2 aromatic carbocycles. The van der Waals surface area contributed by atoms with Crippen LogP contribution in [0, 0.1) is 5.82 Å². The molecule has 7 heteroatoms. The van der Waals surface area contributed by atoms with E-state index in [2.05, 4.69) is 15.6 Å². The second-order valence-electron chi connectivity index (χ2n) is 5.82. The van der Waals surface area contributed by atoms with Gasteiger partial charge in [0, 0.05) is 11.3 Å². The minimum atomic E-state index is -0.478. The number of carbonyl (C=O) groups excluding carboxylic acids is 2. The number of hydrogen-bond acceptors (Lipinski definition) is 5. The number of pyridine rings is 1. The average Bonchev–Trinajstić information content (AvgIpc) is 2.70. The van der Waals surface area contributed by atoms with Gasteiger partial charge >= 0.3 is 5.97 Å². The molecule has 0 atom stereocenters. The summed E-state index contributed by atoms with van der Waals surface area (Å²) in [5.41, 5.74) is 2.16. The van der Waals surface area contributed by atoms with Crippen molar-refractivity contribution < 1.29 is 18.7 Å². The third-order valence-electron chi connectivity index (χ3n) is 3.78. The number of anilines is 3. The van der Waals surface area contributed by atoms with Crippen molar-refractivity contribution >= 4 is 29.1 Å². The lowest BCUT2D eigenvalue weighted by molar-refractivity contribution is 0.0526. The highest BCUT2D eigenvalue weighted by atomic mass is 19.1. The average molecular weight is 379 g/mol. The van der Waals surface area contributed by atoms with Gasteiger partial charge in [-0.25, -0.2) is 14.2 Å². The van der Waals surface area contributed by atoms with Gasteiger partial charge in [0.2, 0.25) is 0 Å². The van der Waals surface area contributed by atoms with Gasteiger partial charge in [0.05, 0.1) is 24.1 Å². The van der Waals surface area contributed by atoms with Crippen molar-refractivity contribution in [1.82, 2.24) is 4.98 Å². The molecule has 3 rings (SSSR count). The lowest BCUT2D eigenvalue weighted by Gasteiger charge is -2.09. The summed E-state index contributed by atoms with van der Waals surface area (Å²) in [6, 6.07) is 15.6. The van der Waals surface area contributed by atoms with E-state index in [1.54, 1.807) is 49.5 Å². The fourth-order valence-electron chi connectivity index (χ4n) is 2.43. The monoisotopic (exact) mass is 379 g/mol. The van der Waals surface area contributed by atoms with Crippen LogP contribution in [0.2, 0.25) is 0 Å². The number of amides is 1. The minimum Gasteiger partial charge on any atom is -0.462 e. The Balaban J connectivity index is 1.61. The fraction of sp³-hybridized carbons (Fsp3) is 0.0952. The van der Waals surface area contributed by atoms with Crippen LogP contribution in [0.1, 0.15) is 27.6 Å². The van der Waals surface area contributed by atoms with Crippen molar-refractivity contribution in [2.24, 2.45) is 0 Å². The minimum absolute atomic E-state index is 0.214. The molecule has 0 unspecified atom stereocenters. The van der Waals surface area contributed by atoms with Crippen LogP contribution in [0.25, 0.3) is 0 Å². The number of aromatic nitrogens is 1. The van der Waals surface area contributed by atoms with Gasteiger partial charge in [-0.3, -0.25) is 4.79 Å². The van der Waals surface area contributed by atoms with Gasteiger partial charge in [-0.2, -0.15) is 0 Å². The highest BCUT2D eigenvalue weighted by Crippen LogP contribution is 2.18. The molecule has 0 saturated heterocycles. The summed E-state index contributed by atoms with van der Waals surface area (Å²) in [6.07, 6.45) is 1.56. The van der Waals surface area contributed by atoms with Crippen molar-refractivity contribution in [3.05, 3.63) is 83.8 Å². The normalized spacial score (nSPS) is 10.2. The van der Waals surface area contributed by atoms with Crippen LogP contribution in [-0.2, 0) is 4.74 Å². The van der Waals surface area contributed by atoms with Gasteiger partial charge in [0.1, 0.15) is 11.6 Å². The van der Waals surface area contributed by atoms with Crippen LogP contribution < -0.4 is 10.6 Å². The zero-order valence-electron chi connectivity index (χ0n) is 15.1. The Kier molecular flexibility index (Phi) is 5.96. The molecule has 0 fully saturated rings. The number of carbonyl (C=O) groups is 2. The smallest absolute Gasteiger partial charge is 0.338 e. The van der Waals surface area contributed by atoms with Gasteiger partial charge in [-0.05, 0) is 61.5 Å². The van der Waals surface area contributed by atoms with Crippen LogP contribution in [-0.4, -0.2) is 23.5 Å². The predicted molar refractivity (Wildman–Crippen MR) is 104 cm³/mol. The summed E-state index contributed by atoms with van der Waals surface area (Å²) in [4.78, 5) is 27.9. The van der Waals surface area contributed by atoms with E-state index in [0.29, 0.717) is 23.7 Å². The van der Waals surface area contributed by atoms with E-state index < -0.39 is 11.7 Å². The first-order chi connectivity index (χ1) is 13.5. The Labute approximate surface area is 161 Å². The molecule has 142 valence electrons. The molecule has 28 heavy (non-hydrogen) atoms. The van der Waals surface area contributed by atoms with E-state index in [1.165, 1.54) is 18.2 Å². The Morgan fingerprint density at radius 2 is 1.75 bits per heavy atom. The summed E-state index contributed by atoms with van der Waals surface area (Å²) in [5, 5.41) is 5.76. The van der Waals surface area contributed by atoms with Crippen LogP contribution >= 0.6 is 0 Å². The Morgan fingerprint density at radius 1 is 1.00 bits per heavy atom. The first-order valence-corrected chi connectivity index (χ1v) is 8.62. The maximum Gasteiger partial charge on any atom is 0.338 e. The number of ether oxygens (including phenoxy) is 1. The van der Waals surface area contributed by atoms with E-state index in [9.17, 15) is 14.0 Å². The molecule has 1 heterocycles. The Hall–Kier alpha value is -3.74. The highest BCUT2D eigenvalue weighted by molar-refractivity contribution is 6.03. The van der Waals surface area contributed by atoms with Crippen molar-refractivity contribution in [3.8, 4) is 0 Å². The zero-order chi connectivity index (χ0) is 19.9. The van der Waals surface area contributed by atoms with Gasteiger partial charge in [-0.1, -0.05) is 6.07 Å². The van der Waals surface area contributed by atoms with E-state index >= 15 is 0 Å². The maximum atomic E-state index is 13.2. The standard InChI is InChI=1S/C21H18FN3O3/c1-2-28-21(27)14-6-8-17(9-7-14)24-18-10-11-19(23-13-18)25-20(26)15-4-3-5-16(22)12-15/h3-13,24H,2H2,1H3,(H,23,25,26). The Morgan fingerprint density at radius 3 is 2.39 bits per heavy atom. The number of nitrogens with zero attached hydrogens (tertiary/aromatic N) is 1. The molecule has 0 aliphatic rings. The molecule has 0 saturated carbocycles. The largest absolute Gasteiger partial charge is 0.462 e. The number of esters is 1. The first-order valence-electron chi connectivity index (χ1n) is 8.62. The van der Waals surface area contributed by atoms with E-state index in [4.69, 9.17) is 4.74 Å². The van der Waals surface area contributed by atoms with Crippen LogP contribution in [0.4, 0.5) is 21.6 Å². The molecular formula is C21H18FN3O3. The van der Waals surface area contributed by atoms with Gasteiger partial charge in [0.15, 0.2) is 0 Å². The van der Waals surface area contributed by atoms with E-state index in [0.717, 1.165) is 11.8 Å². The molecule has 1 amide bonds. The molecule has 0 spiro atoms. The van der Waals surface area contributed by atoms with Gasteiger partial charge in [-0.15, -0.1) is 0 Å². The molecule has 6 nitrogen and oxygen atoms in total. The van der Waals surface area contributed by atoms with E-state index in [1.807, 2.05) is 0 Å². The van der Waals surface area contributed by atoms with Crippen LogP contribution in [0.5, 0.6) is 0 Å². The third-order valence-corrected chi connectivity index (χ3v) is 3.78. The summed E-state index contributed by atoms with van der Waals surface area (Å²) in [6.45, 7) is 2.08. The molecular weight excluding hydrogens is 361 g/mol. The number of benzene rings is 2. The summed E-state index contributed by atoms with van der Waals surface area (Å²) in [5.74, 6) is -0.942. The quantitative estimate of drug-likeness (QED) is 0.621. The van der Waals surface area contributed by atoms with Crippen molar-refractivity contribution in [1.29, 1.82) is 0 Å². The topological polar surface area (TPSA) is 80.3 Å². The summed E-state index contributed by atoms with van der Waals surface area (Å²) < 4.78 is 18.1. The van der Waals surface area contributed by atoms with Crippen molar-refractivity contribution in [2.45, 2.75) is 6.92 Å². The second kappa shape index (κ2) is 8.77. The maximum absolute atomic E-state index is 13.2. The third kappa shape index (κ3) is 4.91. The van der Waals surface area contributed by atoms with E-state index in [-0.39, 0.29) is 11.5 Å². The van der Waals surface area contributed by atoms with Gasteiger partial charge in [0.25, 0.3) is 5.91 Å². The second-order valence-corrected chi connectivity index (χ2v) is 5.82. The lowest BCUT2D eigenvalue weighted by Crippen LogP contribution is -2.13. The van der Waals surface area contributed by atoms with Crippen LogP contribution in [0.3, 0.4) is 0 Å². The molecule has 1 aromatic heterocycles. The molecule has 3 aromatic rings. The fourth-order valence-corrected chi connectivity index (χ4v) is 2.43. The number of nitrogens with one attached hydrogen (secondary N) is 2. The number of hydrogen-bond donors (Lipinski definition) is 2. The van der Waals surface area contributed by atoms with Gasteiger partial charge < -0.3 is 15.4 Å². The summed E-state index contributed by atoms with van der Waals surface area (Å²) >= 11 is 0. The molecule has 2 N–H and O–H groups in total. The molecule has 0 aliphatic heterocycles. The summed E-state index contributed by atoms with van der Waals surface area (Å²) in [7, 11) is 0. The number of rotatable bonds is 6.